The summed E-state index contributed by atoms with van der Waals surface area (Å²) in [7, 11) is 0. The van der Waals surface area contributed by atoms with Gasteiger partial charge in [0, 0.05) is 13.1 Å². The summed E-state index contributed by atoms with van der Waals surface area (Å²) in [6, 6.07) is 4.15. The van der Waals surface area contributed by atoms with E-state index in [0.717, 1.165) is 25.9 Å². The van der Waals surface area contributed by atoms with Crippen molar-refractivity contribution in [3.63, 3.8) is 0 Å². The Kier molecular flexibility index (Phi) is 5.58. The Hall–Kier alpha value is -1.14. The molecule has 0 radical (unpaired) electrons. The fourth-order valence-corrected chi connectivity index (χ4v) is 2.90. The minimum absolute atomic E-state index is 0.0401. The van der Waals surface area contributed by atoms with E-state index < -0.39 is 6.10 Å². The lowest BCUT2D eigenvalue weighted by Gasteiger charge is -2.33. The normalized spacial score (nSPS) is 17.6. The van der Waals surface area contributed by atoms with Crippen LogP contribution in [-0.4, -0.2) is 36.5 Å². The second-order valence-corrected chi connectivity index (χ2v) is 6.19. The number of nitrogens with zero attached hydrogens (tertiary/aromatic N) is 1. The van der Waals surface area contributed by atoms with Gasteiger partial charge in [-0.2, -0.15) is 0 Å². The maximum absolute atomic E-state index is 13.0. The SMILES string of the molecule is C[C@H](Oc1ccc(F)cc1Br)C(=O)N1CCC(CN)CC1. The average Bonchev–Trinajstić information content (AvgIpc) is 2.49. The number of carbonyl (C=O) groups is 1. The Morgan fingerprint density at radius 1 is 1.52 bits per heavy atom. The third-order valence-electron chi connectivity index (χ3n) is 3.80. The highest BCUT2D eigenvalue weighted by atomic mass is 79.9. The van der Waals surface area contributed by atoms with Gasteiger partial charge >= 0.3 is 0 Å². The van der Waals surface area contributed by atoms with Crippen LogP contribution in [-0.2, 0) is 4.79 Å². The van der Waals surface area contributed by atoms with Gasteiger partial charge in [0.1, 0.15) is 11.6 Å². The van der Waals surface area contributed by atoms with E-state index in [4.69, 9.17) is 10.5 Å². The van der Waals surface area contributed by atoms with Crippen molar-refractivity contribution in [2.75, 3.05) is 19.6 Å². The van der Waals surface area contributed by atoms with Gasteiger partial charge in [-0.25, -0.2) is 4.39 Å². The van der Waals surface area contributed by atoms with Gasteiger partial charge in [-0.1, -0.05) is 0 Å². The van der Waals surface area contributed by atoms with Crippen LogP contribution >= 0.6 is 15.9 Å². The Balaban J connectivity index is 1.93. The van der Waals surface area contributed by atoms with Crippen molar-refractivity contribution < 1.29 is 13.9 Å². The summed E-state index contributed by atoms with van der Waals surface area (Å²) in [5.74, 6) is 0.587. The predicted octanol–water partition coefficient (Wildman–Crippen LogP) is 2.55. The standard InChI is InChI=1S/C15H20BrFN2O2/c1-10(21-14-3-2-12(17)8-13(14)16)15(20)19-6-4-11(9-18)5-7-19/h2-3,8,10-11H,4-7,9,18H2,1H3/t10-/m0/s1. The van der Waals surface area contributed by atoms with Crippen molar-refractivity contribution >= 4 is 21.8 Å². The molecular weight excluding hydrogens is 339 g/mol. The van der Waals surface area contributed by atoms with Gasteiger partial charge in [0.25, 0.3) is 5.91 Å². The van der Waals surface area contributed by atoms with Gasteiger partial charge in [-0.05, 0) is 66.4 Å². The van der Waals surface area contributed by atoms with Gasteiger partial charge in [0.2, 0.25) is 0 Å². The third kappa shape index (κ3) is 4.17. The summed E-state index contributed by atoms with van der Waals surface area (Å²) < 4.78 is 19.2. The maximum atomic E-state index is 13.0. The summed E-state index contributed by atoms with van der Waals surface area (Å²) in [5, 5.41) is 0. The van der Waals surface area contributed by atoms with E-state index in [1.54, 1.807) is 6.92 Å². The van der Waals surface area contributed by atoms with Crippen LogP contribution in [0.5, 0.6) is 5.75 Å². The van der Waals surface area contributed by atoms with Crippen LogP contribution in [0.2, 0.25) is 0 Å². The van der Waals surface area contributed by atoms with Gasteiger partial charge in [0.15, 0.2) is 6.10 Å². The lowest BCUT2D eigenvalue weighted by molar-refractivity contribution is -0.139. The summed E-state index contributed by atoms with van der Waals surface area (Å²) in [5.41, 5.74) is 5.65. The zero-order valence-corrected chi connectivity index (χ0v) is 13.6. The van der Waals surface area contributed by atoms with Gasteiger partial charge in [-0.3, -0.25) is 4.79 Å². The first kappa shape index (κ1) is 16.2. The number of rotatable bonds is 4. The van der Waals surface area contributed by atoms with E-state index in [1.165, 1.54) is 18.2 Å². The molecule has 0 spiro atoms. The van der Waals surface area contributed by atoms with Gasteiger partial charge in [-0.15, -0.1) is 0 Å². The predicted molar refractivity (Wildman–Crippen MR) is 82.5 cm³/mol. The van der Waals surface area contributed by atoms with Crippen LogP contribution in [0.3, 0.4) is 0 Å². The molecule has 1 atom stereocenters. The van der Waals surface area contributed by atoms with E-state index in [0.29, 0.717) is 22.7 Å². The molecule has 0 aromatic heterocycles. The maximum Gasteiger partial charge on any atom is 0.263 e. The number of ether oxygens (including phenoxy) is 1. The molecule has 116 valence electrons. The van der Waals surface area contributed by atoms with Crippen LogP contribution in [0.15, 0.2) is 22.7 Å². The number of piperidine rings is 1. The number of hydrogen-bond donors (Lipinski definition) is 1. The molecule has 0 unspecified atom stereocenters. The summed E-state index contributed by atoms with van der Waals surface area (Å²) in [6.45, 7) is 3.84. The first-order valence-corrected chi connectivity index (χ1v) is 7.91. The molecule has 1 saturated heterocycles. The Morgan fingerprint density at radius 3 is 2.76 bits per heavy atom. The monoisotopic (exact) mass is 358 g/mol. The van der Waals surface area contributed by atoms with Gasteiger partial charge in [0.05, 0.1) is 4.47 Å². The van der Waals surface area contributed by atoms with Crippen LogP contribution in [0, 0.1) is 11.7 Å². The number of likely N-dealkylation sites (tertiary alicyclic amines) is 1. The molecule has 1 aliphatic heterocycles. The average molecular weight is 359 g/mol. The quantitative estimate of drug-likeness (QED) is 0.899. The number of amides is 1. The van der Waals surface area contributed by atoms with Gasteiger partial charge < -0.3 is 15.4 Å². The molecule has 2 rings (SSSR count). The van der Waals surface area contributed by atoms with E-state index in [1.807, 2.05) is 4.90 Å². The van der Waals surface area contributed by atoms with E-state index in [2.05, 4.69) is 15.9 Å². The van der Waals surface area contributed by atoms with Crippen LogP contribution in [0.25, 0.3) is 0 Å². The highest BCUT2D eigenvalue weighted by Crippen LogP contribution is 2.27. The topological polar surface area (TPSA) is 55.6 Å². The zero-order chi connectivity index (χ0) is 15.4. The minimum atomic E-state index is -0.596. The van der Waals surface area contributed by atoms with Crippen molar-refractivity contribution in [2.45, 2.75) is 25.9 Å². The lowest BCUT2D eigenvalue weighted by Crippen LogP contribution is -2.45. The molecule has 1 fully saturated rings. The zero-order valence-electron chi connectivity index (χ0n) is 12.0. The van der Waals surface area contributed by atoms with Crippen LogP contribution < -0.4 is 10.5 Å². The number of carbonyl (C=O) groups excluding carboxylic acids is 1. The molecule has 21 heavy (non-hydrogen) atoms. The molecule has 2 N–H and O–H groups in total. The van der Waals surface area contributed by atoms with Crippen molar-refractivity contribution in [3.8, 4) is 5.75 Å². The van der Waals surface area contributed by atoms with Crippen molar-refractivity contribution in [3.05, 3.63) is 28.5 Å². The highest BCUT2D eigenvalue weighted by molar-refractivity contribution is 9.10. The number of halogens is 2. The van der Waals surface area contributed by atoms with E-state index in [-0.39, 0.29) is 11.7 Å². The van der Waals surface area contributed by atoms with E-state index in [9.17, 15) is 9.18 Å². The third-order valence-corrected chi connectivity index (χ3v) is 4.42. The Labute approximate surface area is 132 Å². The smallest absolute Gasteiger partial charge is 0.263 e. The molecule has 0 aliphatic carbocycles. The summed E-state index contributed by atoms with van der Waals surface area (Å²) >= 11 is 3.23. The van der Waals surface area contributed by atoms with Crippen LogP contribution in [0.1, 0.15) is 19.8 Å². The first-order chi connectivity index (χ1) is 10.0. The number of nitrogens with two attached hydrogens (primary N) is 1. The number of hydrogen-bond acceptors (Lipinski definition) is 3. The lowest BCUT2D eigenvalue weighted by atomic mass is 9.97. The van der Waals surface area contributed by atoms with Crippen molar-refractivity contribution in [1.29, 1.82) is 0 Å². The number of benzene rings is 1. The largest absolute Gasteiger partial charge is 0.480 e. The molecule has 4 nitrogen and oxygen atoms in total. The second-order valence-electron chi connectivity index (χ2n) is 5.34. The van der Waals surface area contributed by atoms with Crippen molar-refractivity contribution in [1.82, 2.24) is 4.90 Å². The molecule has 1 aliphatic rings. The summed E-state index contributed by atoms with van der Waals surface area (Å²) in [4.78, 5) is 14.2. The Bertz CT molecular complexity index is 504. The molecule has 1 heterocycles. The van der Waals surface area contributed by atoms with Crippen molar-refractivity contribution in [2.24, 2.45) is 11.7 Å². The molecule has 6 heteroatoms. The fourth-order valence-electron chi connectivity index (χ4n) is 2.46. The van der Waals surface area contributed by atoms with E-state index >= 15 is 0 Å². The minimum Gasteiger partial charge on any atom is -0.480 e. The fraction of sp³-hybridized carbons (Fsp3) is 0.533. The molecule has 1 aromatic rings. The van der Waals surface area contributed by atoms with Crippen LogP contribution in [0.4, 0.5) is 4.39 Å². The summed E-state index contributed by atoms with van der Waals surface area (Å²) in [6.07, 6.45) is 1.28. The molecule has 0 bridgehead atoms. The molecule has 0 saturated carbocycles. The Morgan fingerprint density at radius 2 is 2.19 bits per heavy atom. The highest BCUT2D eigenvalue weighted by Gasteiger charge is 2.26. The first-order valence-electron chi connectivity index (χ1n) is 7.12. The molecular formula is C15H20BrFN2O2. The molecule has 1 amide bonds. The molecule has 1 aromatic carbocycles. The second kappa shape index (κ2) is 7.22.